The summed E-state index contributed by atoms with van der Waals surface area (Å²) in [6, 6.07) is 4.23. The molecule has 0 radical (unpaired) electrons. The van der Waals surface area contributed by atoms with Crippen LogP contribution in [0.15, 0.2) is 23.4 Å². The Morgan fingerprint density at radius 2 is 2.12 bits per heavy atom. The summed E-state index contributed by atoms with van der Waals surface area (Å²) in [5.74, 6) is -0.452. The number of benzene rings is 1. The van der Waals surface area contributed by atoms with Crippen molar-refractivity contribution in [2.24, 2.45) is 10.9 Å². The minimum atomic E-state index is -0.513. The standard InChI is InChI=1S/C12H17FN2O2/c1-3-9(4-2)17-11-6-5-8(7-10(11)13)12(14)15-16/h5-7,9,16H,3-4H2,1-2H3,(H2,14,15). The Hall–Kier alpha value is -1.78. The van der Waals surface area contributed by atoms with Crippen molar-refractivity contribution in [2.45, 2.75) is 32.8 Å². The topological polar surface area (TPSA) is 67.8 Å². The highest BCUT2D eigenvalue weighted by atomic mass is 19.1. The number of hydrogen-bond acceptors (Lipinski definition) is 3. The lowest BCUT2D eigenvalue weighted by Crippen LogP contribution is -2.16. The van der Waals surface area contributed by atoms with E-state index in [1.807, 2.05) is 13.8 Å². The first-order valence-electron chi connectivity index (χ1n) is 5.56. The van der Waals surface area contributed by atoms with Crippen LogP contribution in [0.2, 0.25) is 0 Å². The van der Waals surface area contributed by atoms with E-state index in [1.165, 1.54) is 12.1 Å². The van der Waals surface area contributed by atoms with Gasteiger partial charge in [-0.3, -0.25) is 0 Å². The van der Waals surface area contributed by atoms with Gasteiger partial charge in [0.25, 0.3) is 0 Å². The van der Waals surface area contributed by atoms with Crippen molar-refractivity contribution in [3.8, 4) is 5.75 Å². The molecule has 0 fully saturated rings. The second-order valence-corrected chi connectivity index (χ2v) is 3.69. The molecule has 3 N–H and O–H groups in total. The lowest BCUT2D eigenvalue weighted by atomic mass is 10.2. The van der Waals surface area contributed by atoms with Crippen LogP contribution >= 0.6 is 0 Å². The van der Waals surface area contributed by atoms with Gasteiger partial charge in [-0.25, -0.2) is 4.39 Å². The summed E-state index contributed by atoms with van der Waals surface area (Å²) < 4.78 is 19.2. The Labute approximate surface area is 99.9 Å². The van der Waals surface area contributed by atoms with Crippen LogP contribution in [0.1, 0.15) is 32.3 Å². The molecule has 0 aromatic heterocycles. The SMILES string of the molecule is CCC(CC)Oc1ccc(/C(N)=N/O)cc1F. The highest BCUT2D eigenvalue weighted by molar-refractivity contribution is 5.97. The van der Waals surface area contributed by atoms with Gasteiger partial charge in [0.1, 0.15) is 0 Å². The van der Waals surface area contributed by atoms with Crippen LogP contribution in [0.25, 0.3) is 0 Å². The lowest BCUT2D eigenvalue weighted by molar-refractivity contribution is 0.184. The van der Waals surface area contributed by atoms with Gasteiger partial charge in [-0.15, -0.1) is 0 Å². The molecule has 0 atom stereocenters. The molecule has 0 aliphatic rings. The fourth-order valence-corrected chi connectivity index (χ4v) is 1.45. The molecule has 0 bridgehead atoms. The number of nitrogens with zero attached hydrogens (tertiary/aromatic N) is 1. The Bertz CT molecular complexity index is 403. The van der Waals surface area contributed by atoms with Crippen LogP contribution in [0, 0.1) is 5.82 Å². The summed E-state index contributed by atoms with van der Waals surface area (Å²) in [5, 5.41) is 11.3. The van der Waals surface area contributed by atoms with E-state index in [0.717, 1.165) is 12.8 Å². The van der Waals surface area contributed by atoms with Gasteiger partial charge in [0.05, 0.1) is 6.10 Å². The molecule has 0 aliphatic heterocycles. The van der Waals surface area contributed by atoms with E-state index in [0.29, 0.717) is 5.56 Å². The minimum absolute atomic E-state index is 0.000735. The van der Waals surface area contributed by atoms with E-state index < -0.39 is 5.82 Å². The first-order valence-corrected chi connectivity index (χ1v) is 5.56. The average molecular weight is 240 g/mol. The van der Waals surface area contributed by atoms with Crippen LogP contribution in [0.5, 0.6) is 5.75 Å². The van der Waals surface area contributed by atoms with Crippen molar-refractivity contribution in [3.05, 3.63) is 29.6 Å². The normalized spacial score (nSPS) is 11.9. The summed E-state index contributed by atoms with van der Waals surface area (Å²) in [6.07, 6.45) is 1.63. The zero-order valence-corrected chi connectivity index (χ0v) is 9.98. The molecule has 0 unspecified atom stereocenters. The van der Waals surface area contributed by atoms with Gasteiger partial charge < -0.3 is 15.7 Å². The van der Waals surface area contributed by atoms with Crippen molar-refractivity contribution < 1.29 is 14.3 Å². The van der Waals surface area contributed by atoms with Crippen molar-refractivity contribution in [3.63, 3.8) is 0 Å². The number of hydrogen-bond donors (Lipinski definition) is 2. The predicted octanol–water partition coefficient (Wildman–Crippen LogP) is 2.49. The van der Waals surface area contributed by atoms with Gasteiger partial charge in [0.15, 0.2) is 17.4 Å². The van der Waals surface area contributed by atoms with E-state index in [9.17, 15) is 4.39 Å². The number of rotatable bonds is 5. The van der Waals surface area contributed by atoms with Crippen molar-refractivity contribution in [1.82, 2.24) is 0 Å². The highest BCUT2D eigenvalue weighted by Crippen LogP contribution is 2.21. The molecule has 0 saturated heterocycles. The number of nitrogens with two attached hydrogens (primary N) is 1. The summed E-state index contributed by atoms with van der Waals surface area (Å²) >= 11 is 0. The van der Waals surface area contributed by atoms with Gasteiger partial charge >= 0.3 is 0 Å². The molecule has 5 heteroatoms. The number of halogens is 1. The van der Waals surface area contributed by atoms with Crippen LogP contribution in [-0.4, -0.2) is 17.1 Å². The van der Waals surface area contributed by atoms with Crippen molar-refractivity contribution >= 4 is 5.84 Å². The van der Waals surface area contributed by atoms with Gasteiger partial charge in [0.2, 0.25) is 0 Å². The van der Waals surface area contributed by atoms with Crippen molar-refractivity contribution in [1.29, 1.82) is 0 Å². The molecule has 0 amide bonds. The first kappa shape index (κ1) is 13.3. The zero-order chi connectivity index (χ0) is 12.8. The average Bonchev–Trinajstić information content (AvgIpc) is 2.36. The van der Waals surface area contributed by atoms with E-state index in [2.05, 4.69) is 5.16 Å². The molecule has 94 valence electrons. The summed E-state index contributed by atoms with van der Waals surface area (Å²) in [6.45, 7) is 3.97. The van der Waals surface area contributed by atoms with Crippen LogP contribution in [-0.2, 0) is 0 Å². The molecular weight excluding hydrogens is 223 g/mol. The molecule has 0 heterocycles. The third kappa shape index (κ3) is 3.34. The Kier molecular flexibility index (Phi) is 4.75. The summed E-state index contributed by atoms with van der Waals surface area (Å²) in [5.41, 5.74) is 5.68. The van der Waals surface area contributed by atoms with E-state index in [4.69, 9.17) is 15.7 Å². The zero-order valence-electron chi connectivity index (χ0n) is 9.98. The van der Waals surface area contributed by atoms with E-state index >= 15 is 0 Å². The number of ether oxygens (including phenoxy) is 1. The summed E-state index contributed by atoms with van der Waals surface area (Å²) in [4.78, 5) is 0. The first-order chi connectivity index (χ1) is 8.12. The molecule has 0 spiro atoms. The maximum absolute atomic E-state index is 13.7. The van der Waals surface area contributed by atoms with E-state index in [1.54, 1.807) is 6.07 Å². The maximum atomic E-state index is 13.7. The Morgan fingerprint density at radius 3 is 2.59 bits per heavy atom. The molecule has 1 rings (SSSR count). The molecule has 0 aliphatic carbocycles. The maximum Gasteiger partial charge on any atom is 0.170 e. The molecule has 1 aromatic carbocycles. The molecule has 17 heavy (non-hydrogen) atoms. The second kappa shape index (κ2) is 6.08. The monoisotopic (exact) mass is 240 g/mol. The third-order valence-corrected chi connectivity index (χ3v) is 2.54. The lowest BCUT2D eigenvalue weighted by Gasteiger charge is -2.16. The number of amidine groups is 1. The Morgan fingerprint density at radius 1 is 1.47 bits per heavy atom. The largest absolute Gasteiger partial charge is 0.487 e. The molecule has 0 saturated carbocycles. The fourth-order valence-electron chi connectivity index (χ4n) is 1.45. The highest BCUT2D eigenvalue weighted by Gasteiger charge is 2.11. The Balaban J connectivity index is 2.90. The smallest absolute Gasteiger partial charge is 0.170 e. The molecular formula is C12H17FN2O2. The third-order valence-electron chi connectivity index (χ3n) is 2.54. The quantitative estimate of drug-likeness (QED) is 0.359. The van der Waals surface area contributed by atoms with E-state index in [-0.39, 0.29) is 17.7 Å². The molecule has 4 nitrogen and oxygen atoms in total. The fraction of sp³-hybridized carbons (Fsp3) is 0.417. The van der Waals surface area contributed by atoms with Crippen LogP contribution in [0.4, 0.5) is 4.39 Å². The molecule has 1 aromatic rings. The minimum Gasteiger partial charge on any atom is -0.487 e. The van der Waals surface area contributed by atoms with Crippen LogP contribution in [0.3, 0.4) is 0 Å². The predicted molar refractivity (Wildman–Crippen MR) is 63.9 cm³/mol. The van der Waals surface area contributed by atoms with Gasteiger partial charge in [0, 0.05) is 5.56 Å². The second-order valence-electron chi connectivity index (χ2n) is 3.69. The summed E-state index contributed by atoms with van der Waals surface area (Å²) in [7, 11) is 0. The number of oxime groups is 1. The van der Waals surface area contributed by atoms with Crippen LogP contribution < -0.4 is 10.5 Å². The van der Waals surface area contributed by atoms with Gasteiger partial charge in [-0.1, -0.05) is 19.0 Å². The van der Waals surface area contributed by atoms with Gasteiger partial charge in [-0.2, -0.15) is 0 Å². The van der Waals surface area contributed by atoms with Gasteiger partial charge in [-0.05, 0) is 31.0 Å². The van der Waals surface area contributed by atoms with Crippen molar-refractivity contribution in [2.75, 3.05) is 0 Å².